The molecule has 0 amide bonds. The number of hydrogen-bond acceptors (Lipinski definition) is 3. The van der Waals surface area contributed by atoms with Crippen molar-refractivity contribution in [2.24, 2.45) is 0 Å². The molecule has 1 aliphatic rings. The Morgan fingerprint density at radius 3 is 2.41 bits per heavy atom. The zero-order valence-electron chi connectivity index (χ0n) is 18.1. The second-order valence-corrected chi connectivity index (χ2v) is 8.49. The van der Waals surface area contributed by atoms with Gasteiger partial charge < -0.3 is 14.8 Å². The van der Waals surface area contributed by atoms with Crippen molar-refractivity contribution in [3.63, 3.8) is 0 Å². The molecule has 32 heavy (non-hydrogen) atoms. The number of hydrogen-bond donors (Lipinski definition) is 1. The van der Waals surface area contributed by atoms with Gasteiger partial charge in [-0.3, -0.25) is 9.97 Å². The molecule has 1 aliphatic heterocycles. The molecule has 5 nitrogen and oxygen atoms in total. The van der Waals surface area contributed by atoms with E-state index in [1.807, 2.05) is 48.9 Å². The average molecular weight is 440 g/mol. The Hall–Kier alpha value is -3.51. The lowest BCUT2D eigenvalue weighted by molar-refractivity contribution is 0.310. The van der Waals surface area contributed by atoms with Crippen LogP contribution in [0.2, 0.25) is 0 Å². The minimum Gasteiger partial charge on any atom is -0.352 e. The molecule has 1 aromatic carbocycles. The second kappa shape index (κ2) is 8.55. The van der Waals surface area contributed by atoms with Gasteiger partial charge in [0.05, 0.1) is 17.8 Å². The van der Waals surface area contributed by atoms with Crippen LogP contribution in [-0.2, 0) is 6.54 Å². The maximum absolute atomic E-state index is 5.83. The highest BCUT2D eigenvalue weighted by Gasteiger charge is 2.41. The molecule has 0 radical (unpaired) electrons. The summed E-state index contributed by atoms with van der Waals surface area (Å²) < 4.78 is 2.32. The number of benzene rings is 1. The van der Waals surface area contributed by atoms with Crippen LogP contribution in [0.4, 0.5) is 0 Å². The summed E-state index contributed by atoms with van der Waals surface area (Å²) in [6.45, 7) is 5.06. The Bertz CT molecular complexity index is 1220. The third-order valence-electron chi connectivity index (χ3n) is 6.10. The second-order valence-electron chi connectivity index (χ2n) is 8.11. The summed E-state index contributed by atoms with van der Waals surface area (Å²) in [5, 5.41) is 4.30. The summed E-state index contributed by atoms with van der Waals surface area (Å²) in [6, 6.07) is 22.9. The predicted octanol–water partition coefficient (Wildman–Crippen LogP) is 5.06. The van der Waals surface area contributed by atoms with E-state index in [-0.39, 0.29) is 12.1 Å². The maximum Gasteiger partial charge on any atom is 0.170 e. The molecule has 5 rings (SSSR count). The fourth-order valence-electron chi connectivity index (χ4n) is 4.66. The fourth-order valence-corrected chi connectivity index (χ4v) is 4.97. The molecule has 1 N–H and O–H groups in total. The van der Waals surface area contributed by atoms with E-state index in [4.69, 9.17) is 12.2 Å². The largest absolute Gasteiger partial charge is 0.352 e. The lowest BCUT2D eigenvalue weighted by Crippen LogP contribution is -2.29. The number of thiocarbonyl (C=S) groups is 1. The van der Waals surface area contributed by atoms with Crippen molar-refractivity contribution >= 4 is 17.3 Å². The molecule has 1 saturated heterocycles. The number of para-hydroxylation sites is 1. The van der Waals surface area contributed by atoms with E-state index in [2.05, 4.69) is 75.0 Å². The number of aryl methyl sites for hydroxylation is 1. The Morgan fingerprint density at radius 2 is 1.69 bits per heavy atom. The normalized spacial score (nSPS) is 18.1. The summed E-state index contributed by atoms with van der Waals surface area (Å²) in [6.07, 6.45) is 5.50. The molecule has 6 heteroatoms. The van der Waals surface area contributed by atoms with Crippen LogP contribution < -0.4 is 5.32 Å². The van der Waals surface area contributed by atoms with Gasteiger partial charge in [-0.25, -0.2) is 0 Å². The highest BCUT2D eigenvalue weighted by Crippen LogP contribution is 2.42. The fraction of sp³-hybridized carbons (Fsp3) is 0.192. The SMILES string of the molecule is Cc1cc([C@H]2[C@H](c3ccccn3)NC(=S)N2Cc2ccncc2)c(C)n1-c1ccccc1. The zero-order valence-corrected chi connectivity index (χ0v) is 19.0. The molecule has 0 bridgehead atoms. The Kier molecular flexibility index (Phi) is 5.45. The van der Waals surface area contributed by atoms with Gasteiger partial charge in [-0.05, 0) is 79.7 Å². The standard InChI is InChI=1S/C26H25N5S/c1-18-16-22(19(2)31(18)21-8-4-3-5-9-21)25-24(23-10-6-7-13-28-23)29-26(32)30(25)17-20-11-14-27-15-12-20/h3-16,24-25H,17H2,1-2H3,(H,29,32)/t24-,25-/m0/s1. The van der Waals surface area contributed by atoms with Gasteiger partial charge in [0, 0.05) is 42.2 Å². The first-order chi connectivity index (χ1) is 15.6. The third kappa shape index (κ3) is 3.67. The van der Waals surface area contributed by atoms with Crippen LogP contribution in [0.5, 0.6) is 0 Å². The topological polar surface area (TPSA) is 46.0 Å². The molecule has 0 unspecified atom stereocenters. The van der Waals surface area contributed by atoms with Crippen molar-refractivity contribution in [1.82, 2.24) is 24.8 Å². The van der Waals surface area contributed by atoms with Crippen LogP contribution in [0.15, 0.2) is 85.3 Å². The Balaban J connectivity index is 1.62. The van der Waals surface area contributed by atoms with Crippen molar-refractivity contribution in [2.75, 3.05) is 0 Å². The van der Waals surface area contributed by atoms with Crippen LogP contribution in [0.25, 0.3) is 5.69 Å². The quantitative estimate of drug-likeness (QED) is 0.441. The van der Waals surface area contributed by atoms with Gasteiger partial charge in [0.15, 0.2) is 5.11 Å². The van der Waals surface area contributed by atoms with E-state index < -0.39 is 0 Å². The summed E-state index contributed by atoms with van der Waals surface area (Å²) in [4.78, 5) is 11.1. The summed E-state index contributed by atoms with van der Waals surface area (Å²) in [5.74, 6) is 0. The van der Waals surface area contributed by atoms with Gasteiger partial charge in [-0.2, -0.15) is 0 Å². The first kappa shape index (κ1) is 20.4. The monoisotopic (exact) mass is 439 g/mol. The number of rotatable bonds is 5. The van der Waals surface area contributed by atoms with Crippen LogP contribution in [0.3, 0.4) is 0 Å². The van der Waals surface area contributed by atoms with Gasteiger partial charge in [0.2, 0.25) is 0 Å². The lowest BCUT2D eigenvalue weighted by atomic mass is 9.96. The maximum atomic E-state index is 5.83. The Labute approximate surface area is 193 Å². The number of aromatic nitrogens is 3. The van der Waals surface area contributed by atoms with E-state index in [1.165, 1.54) is 22.5 Å². The van der Waals surface area contributed by atoms with Crippen LogP contribution in [0, 0.1) is 13.8 Å². The molecule has 0 spiro atoms. The molecule has 160 valence electrons. The van der Waals surface area contributed by atoms with E-state index in [9.17, 15) is 0 Å². The average Bonchev–Trinajstić information content (AvgIpc) is 3.30. The van der Waals surface area contributed by atoms with Crippen LogP contribution >= 0.6 is 12.2 Å². The van der Waals surface area contributed by atoms with Gasteiger partial charge >= 0.3 is 0 Å². The van der Waals surface area contributed by atoms with Gasteiger partial charge in [0.25, 0.3) is 0 Å². The first-order valence-electron chi connectivity index (χ1n) is 10.7. The highest BCUT2D eigenvalue weighted by atomic mass is 32.1. The first-order valence-corrected chi connectivity index (χ1v) is 11.2. The van der Waals surface area contributed by atoms with E-state index in [0.29, 0.717) is 6.54 Å². The van der Waals surface area contributed by atoms with Crippen LogP contribution in [-0.4, -0.2) is 24.5 Å². The minimum atomic E-state index is -0.0322. The molecule has 3 aromatic heterocycles. The molecule has 2 atom stereocenters. The van der Waals surface area contributed by atoms with Crippen molar-refractivity contribution in [2.45, 2.75) is 32.5 Å². The van der Waals surface area contributed by atoms with Crippen LogP contribution in [0.1, 0.15) is 40.3 Å². The summed E-state index contributed by atoms with van der Waals surface area (Å²) in [7, 11) is 0. The van der Waals surface area contributed by atoms with Gasteiger partial charge in [-0.15, -0.1) is 0 Å². The molecular weight excluding hydrogens is 414 g/mol. The van der Waals surface area contributed by atoms with Crippen molar-refractivity contribution < 1.29 is 0 Å². The van der Waals surface area contributed by atoms with E-state index in [0.717, 1.165) is 16.5 Å². The molecule has 0 saturated carbocycles. The molecule has 0 aliphatic carbocycles. The number of pyridine rings is 2. The summed E-state index contributed by atoms with van der Waals surface area (Å²) in [5.41, 5.74) is 6.99. The van der Waals surface area contributed by atoms with Gasteiger partial charge in [-0.1, -0.05) is 24.3 Å². The van der Waals surface area contributed by atoms with Gasteiger partial charge in [0.1, 0.15) is 0 Å². The third-order valence-corrected chi connectivity index (χ3v) is 6.46. The molecule has 4 heterocycles. The Morgan fingerprint density at radius 1 is 0.938 bits per heavy atom. The number of nitrogens with one attached hydrogen (secondary N) is 1. The summed E-state index contributed by atoms with van der Waals surface area (Å²) >= 11 is 5.83. The lowest BCUT2D eigenvalue weighted by Gasteiger charge is -2.28. The highest BCUT2D eigenvalue weighted by molar-refractivity contribution is 7.80. The van der Waals surface area contributed by atoms with Crippen molar-refractivity contribution in [1.29, 1.82) is 0 Å². The predicted molar refractivity (Wildman–Crippen MR) is 130 cm³/mol. The minimum absolute atomic E-state index is 0.0224. The van der Waals surface area contributed by atoms with Crippen molar-refractivity contribution in [3.05, 3.63) is 114 Å². The molecular formula is C26H25N5S. The van der Waals surface area contributed by atoms with E-state index in [1.54, 1.807) is 0 Å². The zero-order chi connectivity index (χ0) is 22.1. The molecule has 1 fully saturated rings. The molecule has 4 aromatic rings. The van der Waals surface area contributed by atoms with Crippen molar-refractivity contribution in [3.8, 4) is 5.69 Å². The van der Waals surface area contributed by atoms with E-state index >= 15 is 0 Å². The smallest absolute Gasteiger partial charge is 0.170 e. The number of nitrogens with zero attached hydrogens (tertiary/aromatic N) is 4.